The Labute approximate surface area is 87.8 Å². The molecule has 0 heterocycles. The smallest absolute Gasteiger partial charge is 0.328 e. The second-order valence-corrected chi connectivity index (χ2v) is 3.07. The first-order chi connectivity index (χ1) is 7.06. The van der Waals surface area contributed by atoms with Gasteiger partial charge in [-0.25, -0.2) is 4.79 Å². The molecule has 0 fully saturated rings. The number of nitrogens with zero attached hydrogens (tertiary/aromatic N) is 1. The maximum absolute atomic E-state index is 11.3. The van der Waals surface area contributed by atoms with Crippen molar-refractivity contribution in [3.63, 3.8) is 0 Å². The highest BCUT2D eigenvalue weighted by Crippen LogP contribution is 2.08. The molecule has 0 aliphatic rings. The molecular weight excluding hydrogens is 200 g/mol. The molecule has 0 aromatic rings. The van der Waals surface area contributed by atoms with E-state index in [2.05, 4.69) is 10.1 Å². The molecular formula is C9H14N2O4. The van der Waals surface area contributed by atoms with E-state index in [4.69, 9.17) is 10.4 Å². The van der Waals surface area contributed by atoms with Gasteiger partial charge in [-0.2, -0.15) is 5.26 Å². The molecule has 0 saturated carbocycles. The van der Waals surface area contributed by atoms with Crippen LogP contribution in [0.5, 0.6) is 0 Å². The van der Waals surface area contributed by atoms with Gasteiger partial charge in [-0.05, 0) is 0 Å². The highest BCUT2D eigenvalue weighted by atomic mass is 16.5. The van der Waals surface area contributed by atoms with Crippen LogP contribution in [0.3, 0.4) is 0 Å². The predicted molar refractivity (Wildman–Crippen MR) is 50.4 cm³/mol. The van der Waals surface area contributed by atoms with E-state index in [0.29, 0.717) is 0 Å². The number of nitriles is 1. The Morgan fingerprint density at radius 3 is 2.60 bits per heavy atom. The molecule has 0 spiro atoms. The van der Waals surface area contributed by atoms with Crippen LogP contribution < -0.4 is 5.32 Å². The molecule has 2 N–H and O–H groups in total. The number of hydrogen-bond acceptors (Lipinski definition) is 5. The first kappa shape index (κ1) is 13.4. The Morgan fingerprint density at radius 2 is 2.20 bits per heavy atom. The second-order valence-electron chi connectivity index (χ2n) is 3.07. The lowest BCUT2D eigenvalue weighted by Gasteiger charge is -2.20. The Bertz CT molecular complexity index is 272. The van der Waals surface area contributed by atoms with Gasteiger partial charge in [0.1, 0.15) is 12.6 Å². The number of carbonyl (C=O) groups is 2. The molecule has 0 saturated heterocycles. The van der Waals surface area contributed by atoms with Gasteiger partial charge in [0.2, 0.25) is 5.91 Å². The van der Waals surface area contributed by atoms with Crippen LogP contribution >= 0.6 is 0 Å². The molecule has 6 heteroatoms. The van der Waals surface area contributed by atoms with Gasteiger partial charge in [0.15, 0.2) is 0 Å². The molecule has 0 bridgehead atoms. The lowest BCUT2D eigenvalue weighted by atomic mass is 9.99. The van der Waals surface area contributed by atoms with Crippen LogP contribution in [0.1, 0.15) is 13.3 Å². The molecule has 0 rings (SSSR count). The monoisotopic (exact) mass is 214 g/mol. The lowest BCUT2D eigenvalue weighted by molar-refractivity contribution is -0.146. The number of hydrogen-bond donors (Lipinski definition) is 2. The van der Waals surface area contributed by atoms with Gasteiger partial charge in [-0.3, -0.25) is 4.79 Å². The van der Waals surface area contributed by atoms with Crippen molar-refractivity contribution in [3.8, 4) is 6.07 Å². The standard InChI is InChI=1S/C9H14N2O4/c1-6(3-4-10)8(9(14)15-2)11-7(13)5-12/h6,8,12H,3,5H2,1-2H3,(H,11,13)/t6-,8-/m1/s1. The first-order valence-corrected chi connectivity index (χ1v) is 4.41. The van der Waals surface area contributed by atoms with Crippen molar-refractivity contribution < 1.29 is 19.4 Å². The van der Waals surface area contributed by atoms with Crippen molar-refractivity contribution in [1.29, 1.82) is 5.26 Å². The van der Waals surface area contributed by atoms with Crippen molar-refractivity contribution in [1.82, 2.24) is 5.32 Å². The van der Waals surface area contributed by atoms with E-state index >= 15 is 0 Å². The van der Waals surface area contributed by atoms with Crippen molar-refractivity contribution in [2.45, 2.75) is 19.4 Å². The fraction of sp³-hybridized carbons (Fsp3) is 0.667. The summed E-state index contributed by atoms with van der Waals surface area (Å²) < 4.78 is 4.48. The molecule has 0 aromatic carbocycles. The summed E-state index contributed by atoms with van der Waals surface area (Å²) in [6.07, 6.45) is 0.117. The normalized spacial score (nSPS) is 13.5. The van der Waals surface area contributed by atoms with Gasteiger partial charge in [0.25, 0.3) is 0 Å². The number of carbonyl (C=O) groups excluding carboxylic acids is 2. The molecule has 2 atom stereocenters. The minimum atomic E-state index is -0.894. The third-order valence-electron chi connectivity index (χ3n) is 1.90. The maximum atomic E-state index is 11.3. The Morgan fingerprint density at radius 1 is 1.60 bits per heavy atom. The van der Waals surface area contributed by atoms with Crippen LogP contribution in [0.15, 0.2) is 0 Å². The zero-order chi connectivity index (χ0) is 11.8. The summed E-state index contributed by atoms with van der Waals surface area (Å²) in [7, 11) is 1.19. The van der Waals surface area contributed by atoms with Gasteiger partial charge in [-0.15, -0.1) is 0 Å². The van der Waals surface area contributed by atoms with Gasteiger partial charge in [0, 0.05) is 12.3 Å². The third kappa shape index (κ3) is 4.42. The van der Waals surface area contributed by atoms with Crippen LogP contribution in [-0.4, -0.2) is 36.7 Å². The highest BCUT2D eigenvalue weighted by molar-refractivity contribution is 5.85. The number of aliphatic hydroxyl groups is 1. The minimum Gasteiger partial charge on any atom is -0.467 e. The maximum Gasteiger partial charge on any atom is 0.328 e. The van der Waals surface area contributed by atoms with Crippen molar-refractivity contribution >= 4 is 11.9 Å². The van der Waals surface area contributed by atoms with Crippen LogP contribution in [0.2, 0.25) is 0 Å². The summed E-state index contributed by atoms with van der Waals surface area (Å²) >= 11 is 0. The van der Waals surface area contributed by atoms with E-state index in [1.165, 1.54) is 7.11 Å². The zero-order valence-corrected chi connectivity index (χ0v) is 8.69. The number of methoxy groups -OCH3 is 1. The zero-order valence-electron chi connectivity index (χ0n) is 8.69. The minimum absolute atomic E-state index is 0.117. The number of amides is 1. The van der Waals surface area contributed by atoms with Gasteiger partial charge < -0.3 is 15.2 Å². The molecule has 0 aliphatic carbocycles. The molecule has 0 radical (unpaired) electrons. The Balaban J connectivity index is 4.51. The number of ether oxygens (including phenoxy) is 1. The topological polar surface area (TPSA) is 99.4 Å². The van der Waals surface area contributed by atoms with Crippen LogP contribution in [0, 0.1) is 17.2 Å². The van der Waals surface area contributed by atoms with Crippen molar-refractivity contribution in [2.24, 2.45) is 5.92 Å². The second kappa shape index (κ2) is 6.79. The van der Waals surface area contributed by atoms with E-state index in [0.717, 1.165) is 0 Å². The van der Waals surface area contributed by atoms with Crippen molar-refractivity contribution in [3.05, 3.63) is 0 Å². The molecule has 0 aromatic heterocycles. The fourth-order valence-electron chi connectivity index (χ4n) is 1.04. The first-order valence-electron chi connectivity index (χ1n) is 4.41. The average Bonchev–Trinajstić information content (AvgIpc) is 2.24. The Hall–Kier alpha value is -1.61. The number of aliphatic hydroxyl groups excluding tert-OH is 1. The van der Waals surface area contributed by atoms with E-state index in [-0.39, 0.29) is 12.3 Å². The Kier molecular flexibility index (Phi) is 6.06. The van der Waals surface area contributed by atoms with E-state index in [1.54, 1.807) is 6.92 Å². The van der Waals surface area contributed by atoms with E-state index in [1.807, 2.05) is 6.07 Å². The van der Waals surface area contributed by atoms with E-state index < -0.39 is 24.5 Å². The molecule has 84 valence electrons. The molecule has 15 heavy (non-hydrogen) atoms. The summed E-state index contributed by atoms with van der Waals surface area (Å²) in [5.74, 6) is -1.66. The molecule has 1 amide bonds. The summed E-state index contributed by atoms with van der Waals surface area (Å²) in [5, 5.41) is 19.3. The summed E-state index contributed by atoms with van der Waals surface area (Å²) in [4.78, 5) is 22.2. The summed E-state index contributed by atoms with van der Waals surface area (Å²) in [6.45, 7) is 0.940. The highest BCUT2D eigenvalue weighted by Gasteiger charge is 2.27. The van der Waals surface area contributed by atoms with E-state index in [9.17, 15) is 9.59 Å². The van der Waals surface area contributed by atoms with Crippen LogP contribution in [0.4, 0.5) is 0 Å². The molecule has 0 aliphatic heterocycles. The average molecular weight is 214 g/mol. The van der Waals surface area contributed by atoms with Gasteiger partial charge in [-0.1, -0.05) is 6.92 Å². The number of rotatable bonds is 5. The SMILES string of the molecule is COC(=O)[C@H](NC(=O)CO)[C@H](C)CC#N. The largest absolute Gasteiger partial charge is 0.467 e. The quantitative estimate of drug-likeness (QED) is 0.583. The molecule has 0 unspecified atom stereocenters. The summed E-state index contributed by atoms with van der Waals surface area (Å²) in [5.41, 5.74) is 0. The fourth-order valence-corrected chi connectivity index (χ4v) is 1.04. The molecule has 6 nitrogen and oxygen atoms in total. The van der Waals surface area contributed by atoms with Crippen LogP contribution in [0.25, 0.3) is 0 Å². The van der Waals surface area contributed by atoms with Crippen LogP contribution in [-0.2, 0) is 14.3 Å². The van der Waals surface area contributed by atoms with Gasteiger partial charge in [0.05, 0.1) is 13.2 Å². The van der Waals surface area contributed by atoms with Gasteiger partial charge >= 0.3 is 5.97 Å². The number of esters is 1. The number of nitrogens with one attached hydrogen (secondary N) is 1. The third-order valence-corrected chi connectivity index (χ3v) is 1.90. The van der Waals surface area contributed by atoms with Crippen molar-refractivity contribution in [2.75, 3.05) is 13.7 Å². The predicted octanol–water partition coefficient (Wildman–Crippen LogP) is -0.814. The lowest BCUT2D eigenvalue weighted by Crippen LogP contribution is -2.46. The summed E-state index contributed by atoms with van der Waals surface area (Å²) in [6, 6.07) is 1.00.